The fourth-order valence-corrected chi connectivity index (χ4v) is 5.02. The number of hydrogen-bond donors (Lipinski definition) is 1. The molecule has 1 atom stereocenters. The molecule has 0 aliphatic carbocycles. The van der Waals surface area contributed by atoms with Gasteiger partial charge in [-0.2, -0.15) is 5.10 Å². The van der Waals surface area contributed by atoms with Gasteiger partial charge in [-0.25, -0.2) is 18.1 Å². The van der Waals surface area contributed by atoms with Gasteiger partial charge in [-0.05, 0) is 53.0 Å². The molecule has 1 aromatic carbocycles. The Hall–Kier alpha value is -2.19. The van der Waals surface area contributed by atoms with Crippen LogP contribution in [0.25, 0.3) is 0 Å². The van der Waals surface area contributed by atoms with Crippen molar-refractivity contribution in [2.24, 2.45) is 4.99 Å². The zero-order valence-electron chi connectivity index (χ0n) is 16.5. The Labute approximate surface area is 161 Å². The molecule has 7 nitrogen and oxygen atoms in total. The minimum absolute atomic E-state index is 0.145. The van der Waals surface area contributed by atoms with Crippen molar-refractivity contribution in [3.63, 3.8) is 0 Å². The van der Waals surface area contributed by atoms with Gasteiger partial charge in [-0.3, -0.25) is 0 Å². The van der Waals surface area contributed by atoms with Crippen molar-refractivity contribution in [3.8, 4) is 0 Å². The number of sulfone groups is 1. The van der Waals surface area contributed by atoms with Crippen LogP contribution in [0.4, 0.5) is 11.6 Å². The molecular formula is C19H27N5O2S. The summed E-state index contributed by atoms with van der Waals surface area (Å²) in [6.07, 6.45) is 1.58. The molecule has 0 fully saturated rings. The van der Waals surface area contributed by atoms with Crippen LogP contribution in [0.15, 0.2) is 45.1 Å². The number of benzene rings is 1. The molecule has 146 valence electrons. The van der Waals surface area contributed by atoms with E-state index in [1.54, 1.807) is 42.1 Å². The van der Waals surface area contributed by atoms with Crippen LogP contribution in [0.5, 0.6) is 0 Å². The fourth-order valence-electron chi connectivity index (χ4n) is 3.50. The minimum atomic E-state index is -3.75. The van der Waals surface area contributed by atoms with E-state index in [0.717, 1.165) is 25.1 Å². The molecule has 27 heavy (non-hydrogen) atoms. The zero-order chi connectivity index (χ0) is 19.8. The topological polar surface area (TPSA) is 79.6 Å². The van der Waals surface area contributed by atoms with E-state index in [1.165, 1.54) is 0 Å². The summed E-state index contributed by atoms with van der Waals surface area (Å²) >= 11 is 0. The first-order chi connectivity index (χ1) is 12.7. The normalized spacial score (nSPS) is 19.7. The summed E-state index contributed by atoms with van der Waals surface area (Å²) in [6.45, 7) is 4.94. The molecule has 0 spiro atoms. The van der Waals surface area contributed by atoms with Crippen molar-refractivity contribution in [2.75, 3.05) is 33.0 Å². The quantitative estimate of drug-likeness (QED) is 0.822. The maximum Gasteiger partial charge on any atom is 0.214 e. The van der Waals surface area contributed by atoms with E-state index in [-0.39, 0.29) is 15.3 Å². The summed E-state index contributed by atoms with van der Waals surface area (Å²) in [7, 11) is 2.00. The molecule has 1 aliphatic heterocycles. The molecule has 3 rings (SSSR count). The second-order valence-corrected chi connectivity index (χ2v) is 9.44. The monoisotopic (exact) mass is 389 g/mol. The van der Waals surface area contributed by atoms with Crippen LogP contribution < -0.4 is 5.32 Å². The highest BCUT2D eigenvalue weighted by atomic mass is 32.2. The molecule has 0 radical (unpaired) electrons. The van der Waals surface area contributed by atoms with Crippen molar-refractivity contribution in [2.45, 2.75) is 42.0 Å². The van der Waals surface area contributed by atoms with Gasteiger partial charge in [0.1, 0.15) is 0 Å². The Morgan fingerprint density at radius 1 is 1.26 bits per heavy atom. The van der Waals surface area contributed by atoms with Crippen LogP contribution in [0, 0.1) is 0 Å². The Balaban J connectivity index is 2.21. The number of fused-ring (bicyclic) bond motifs is 1. The molecule has 2 heterocycles. The van der Waals surface area contributed by atoms with Crippen LogP contribution in [-0.2, 0) is 15.4 Å². The van der Waals surface area contributed by atoms with Gasteiger partial charge in [-0.1, -0.05) is 18.2 Å². The third-order valence-corrected chi connectivity index (χ3v) is 6.73. The average Bonchev–Trinajstić information content (AvgIpc) is 3.01. The van der Waals surface area contributed by atoms with E-state index < -0.39 is 9.84 Å². The number of nitrogens with one attached hydrogen (secondary N) is 1. The van der Waals surface area contributed by atoms with Crippen molar-refractivity contribution in [1.82, 2.24) is 14.7 Å². The van der Waals surface area contributed by atoms with Gasteiger partial charge in [0.05, 0.1) is 10.4 Å². The summed E-state index contributed by atoms with van der Waals surface area (Å²) in [4.78, 5) is 7.12. The molecule has 1 N–H and O–H groups in total. The summed E-state index contributed by atoms with van der Waals surface area (Å²) in [5, 5.41) is 7.58. The molecule has 0 saturated carbocycles. The smallest absolute Gasteiger partial charge is 0.214 e. The standard InChI is InChI=1S/C19H27N5O2S/c1-14-13-19(2,11-12-23(4)5)24-18(21-14)16(17(20-3)22-24)27(25,26)15-9-7-6-8-10-15/h6-10H,11-13H2,1-5H3,(H,20,22). The lowest BCUT2D eigenvalue weighted by Crippen LogP contribution is -2.38. The van der Waals surface area contributed by atoms with Gasteiger partial charge in [0.15, 0.2) is 16.5 Å². The molecule has 0 amide bonds. The number of anilines is 1. The van der Waals surface area contributed by atoms with E-state index in [1.807, 2.05) is 21.0 Å². The lowest BCUT2D eigenvalue weighted by atomic mass is 9.90. The SMILES string of the molecule is CNc1nn2c(c1S(=O)(=O)c1ccccc1)N=C(C)CC2(C)CCN(C)C. The summed E-state index contributed by atoms with van der Waals surface area (Å²) < 4.78 is 28.5. The largest absolute Gasteiger partial charge is 0.371 e. The zero-order valence-corrected chi connectivity index (χ0v) is 17.3. The fraction of sp³-hybridized carbons (Fsp3) is 0.474. The molecule has 1 aliphatic rings. The molecule has 8 heteroatoms. The molecule has 1 unspecified atom stereocenters. The summed E-state index contributed by atoms with van der Waals surface area (Å²) in [6, 6.07) is 8.44. The van der Waals surface area contributed by atoms with E-state index in [0.29, 0.717) is 11.6 Å². The Morgan fingerprint density at radius 2 is 1.93 bits per heavy atom. The van der Waals surface area contributed by atoms with Gasteiger partial charge in [0, 0.05) is 19.2 Å². The minimum Gasteiger partial charge on any atom is -0.371 e. The lowest BCUT2D eigenvalue weighted by Gasteiger charge is -2.35. The third kappa shape index (κ3) is 3.51. The van der Waals surface area contributed by atoms with Crippen LogP contribution in [-0.4, -0.2) is 56.5 Å². The van der Waals surface area contributed by atoms with Crippen molar-refractivity contribution < 1.29 is 8.42 Å². The Bertz CT molecular complexity index is 963. The van der Waals surface area contributed by atoms with Gasteiger partial charge < -0.3 is 10.2 Å². The van der Waals surface area contributed by atoms with Crippen LogP contribution >= 0.6 is 0 Å². The van der Waals surface area contributed by atoms with E-state index in [2.05, 4.69) is 27.2 Å². The summed E-state index contributed by atoms with van der Waals surface area (Å²) in [5.74, 6) is 0.747. The van der Waals surface area contributed by atoms with E-state index in [4.69, 9.17) is 0 Å². The van der Waals surface area contributed by atoms with Gasteiger partial charge in [-0.15, -0.1) is 0 Å². The maximum atomic E-state index is 13.4. The second-order valence-electron chi connectivity index (χ2n) is 7.55. The highest BCUT2D eigenvalue weighted by molar-refractivity contribution is 7.91. The number of nitrogens with zero attached hydrogens (tertiary/aromatic N) is 4. The predicted octanol–water partition coefficient (Wildman–Crippen LogP) is 2.92. The number of rotatable bonds is 6. The lowest BCUT2D eigenvalue weighted by molar-refractivity contribution is 0.236. The number of aromatic nitrogens is 2. The van der Waals surface area contributed by atoms with E-state index >= 15 is 0 Å². The van der Waals surface area contributed by atoms with Gasteiger partial charge in [0.2, 0.25) is 9.84 Å². The number of hydrogen-bond acceptors (Lipinski definition) is 6. The Morgan fingerprint density at radius 3 is 2.52 bits per heavy atom. The molecular weight excluding hydrogens is 362 g/mol. The Kier molecular flexibility index (Phi) is 5.14. The maximum absolute atomic E-state index is 13.4. The van der Waals surface area contributed by atoms with Gasteiger partial charge in [0.25, 0.3) is 0 Å². The molecule has 0 saturated heterocycles. The summed E-state index contributed by atoms with van der Waals surface area (Å²) in [5.41, 5.74) is 0.581. The highest BCUT2D eigenvalue weighted by Gasteiger charge is 2.39. The first-order valence-electron chi connectivity index (χ1n) is 8.99. The molecule has 1 aromatic heterocycles. The van der Waals surface area contributed by atoms with Crippen molar-refractivity contribution in [3.05, 3.63) is 30.3 Å². The highest BCUT2D eigenvalue weighted by Crippen LogP contribution is 2.43. The van der Waals surface area contributed by atoms with Crippen molar-refractivity contribution in [1.29, 1.82) is 0 Å². The van der Waals surface area contributed by atoms with E-state index in [9.17, 15) is 8.42 Å². The molecule has 2 aromatic rings. The van der Waals surface area contributed by atoms with Crippen LogP contribution in [0.1, 0.15) is 26.7 Å². The average molecular weight is 390 g/mol. The van der Waals surface area contributed by atoms with Crippen molar-refractivity contribution >= 4 is 27.2 Å². The first-order valence-corrected chi connectivity index (χ1v) is 10.5. The van der Waals surface area contributed by atoms with Crippen LogP contribution in [0.2, 0.25) is 0 Å². The predicted molar refractivity (Wildman–Crippen MR) is 108 cm³/mol. The van der Waals surface area contributed by atoms with Crippen LogP contribution in [0.3, 0.4) is 0 Å². The molecule has 0 bridgehead atoms. The first kappa shape index (κ1) is 19.6. The third-order valence-electron chi connectivity index (χ3n) is 4.92. The number of aliphatic imine (C=N–C) groups is 1. The second kappa shape index (κ2) is 7.09. The van der Waals surface area contributed by atoms with Gasteiger partial charge >= 0.3 is 0 Å².